The van der Waals surface area contributed by atoms with Gasteiger partial charge in [0.1, 0.15) is 5.75 Å². The topological polar surface area (TPSA) is 45.3 Å². The van der Waals surface area contributed by atoms with Crippen molar-refractivity contribution >= 4 is 16.8 Å². The van der Waals surface area contributed by atoms with Crippen LogP contribution in [0.1, 0.15) is 6.42 Å². The van der Waals surface area contributed by atoms with Crippen LogP contribution < -0.4 is 4.74 Å². The van der Waals surface area contributed by atoms with Gasteiger partial charge in [0, 0.05) is 31.2 Å². The Morgan fingerprint density at radius 1 is 1.35 bits per heavy atom. The Labute approximate surface area is 100 Å². The number of fused-ring (bicyclic) bond motifs is 1. The highest BCUT2D eigenvalue weighted by Gasteiger charge is 2.04. The monoisotopic (exact) mass is 232 g/mol. The Kier molecular flexibility index (Phi) is 3.32. The molecule has 0 spiro atoms. The Hall–Kier alpha value is -1.97. The summed E-state index contributed by atoms with van der Waals surface area (Å²) in [6, 6.07) is 7.83. The fourth-order valence-corrected chi connectivity index (χ4v) is 1.60. The highest BCUT2D eigenvalue weighted by molar-refractivity contribution is 5.80. The second-order valence-corrected chi connectivity index (χ2v) is 4.11. The second-order valence-electron chi connectivity index (χ2n) is 4.11. The lowest BCUT2D eigenvalue weighted by Gasteiger charge is -2.10. The lowest BCUT2D eigenvalue weighted by atomic mass is 10.2. The molecule has 0 aliphatic heterocycles. The van der Waals surface area contributed by atoms with Crippen LogP contribution in [0.5, 0.6) is 5.75 Å². The van der Waals surface area contributed by atoms with Crippen LogP contribution in [-0.4, -0.2) is 36.5 Å². The minimum absolute atomic E-state index is 0.0766. The fourth-order valence-electron chi connectivity index (χ4n) is 1.60. The van der Waals surface area contributed by atoms with Crippen LogP contribution in [0.3, 0.4) is 0 Å². The Balaban J connectivity index is 1.92. The van der Waals surface area contributed by atoms with Crippen LogP contribution in [-0.2, 0) is 4.79 Å². The number of hydrogen-bond acceptors (Lipinski definition) is 2. The first-order valence-electron chi connectivity index (χ1n) is 5.57. The smallest absolute Gasteiger partial charge is 0.225 e. The zero-order valence-electron chi connectivity index (χ0n) is 10.1. The van der Waals surface area contributed by atoms with Crippen molar-refractivity contribution in [3.05, 3.63) is 30.5 Å². The quantitative estimate of drug-likeness (QED) is 0.876. The van der Waals surface area contributed by atoms with Crippen molar-refractivity contribution in [3.63, 3.8) is 0 Å². The van der Waals surface area contributed by atoms with Crippen molar-refractivity contribution in [1.82, 2.24) is 9.88 Å². The molecule has 1 aromatic heterocycles. The maximum atomic E-state index is 11.3. The lowest BCUT2D eigenvalue weighted by Crippen LogP contribution is -2.23. The van der Waals surface area contributed by atoms with Crippen molar-refractivity contribution in [1.29, 1.82) is 0 Å². The number of aromatic amines is 1. The van der Waals surface area contributed by atoms with Gasteiger partial charge in [-0.15, -0.1) is 0 Å². The van der Waals surface area contributed by atoms with E-state index in [1.807, 2.05) is 30.5 Å². The average molecular weight is 232 g/mol. The van der Waals surface area contributed by atoms with Gasteiger partial charge in [0.05, 0.1) is 13.0 Å². The van der Waals surface area contributed by atoms with E-state index in [9.17, 15) is 4.79 Å². The molecule has 0 saturated carbocycles. The molecule has 0 atom stereocenters. The third-order valence-electron chi connectivity index (χ3n) is 2.61. The van der Waals surface area contributed by atoms with E-state index in [1.165, 1.54) is 0 Å². The van der Waals surface area contributed by atoms with E-state index in [1.54, 1.807) is 19.0 Å². The number of H-pyrrole nitrogens is 1. The number of carbonyl (C=O) groups excluding carboxylic acids is 1. The molecule has 1 aromatic carbocycles. The molecule has 0 unspecified atom stereocenters. The van der Waals surface area contributed by atoms with E-state index < -0.39 is 0 Å². The standard InChI is InChI=1S/C13H16N2O2/c1-15(2)13(16)6-8-17-11-3-4-12-10(9-11)5-7-14-12/h3-5,7,9,14H,6,8H2,1-2H3. The third-order valence-corrected chi connectivity index (χ3v) is 2.61. The van der Waals surface area contributed by atoms with Crippen LogP contribution in [0.25, 0.3) is 10.9 Å². The molecule has 1 N–H and O–H groups in total. The first-order chi connectivity index (χ1) is 8.16. The van der Waals surface area contributed by atoms with Gasteiger partial charge in [-0.25, -0.2) is 0 Å². The van der Waals surface area contributed by atoms with E-state index >= 15 is 0 Å². The summed E-state index contributed by atoms with van der Waals surface area (Å²) < 4.78 is 5.54. The molecule has 2 rings (SSSR count). The summed E-state index contributed by atoms with van der Waals surface area (Å²) in [5.41, 5.74) is 1.08. The molecular weight excluding hydrogens is 216 g/mol. The summed E-state index contributed by atoms with van der Waals surface area (Å²) in [6.07, 6.45) is 2.29. The van der Waals surface area contributed by atoms with Gasteiger partial charge in [-0.1, -0.05) is 0 Å². The van der Waals surface area contributed by atoms with E-state index in [4.69, 9.17) is 4.74 Å². The largest absolute Gasteiger partial charge is 0.493 e. The van der Waals surface area contributed by atoms with E-state index in [-0.39, 0.29) is 5.91 Å². The maximum absolute atomic E-state index is 11.3. The zero-order chi connectivity index (χ0) is 12.3. The van der Waals surface area contributed by atoms with Crippen LogP contribution in [0.15, 0.2) is 30.5 Å². The molecule has 1 heterocycles. The van der Waals surface area contributed by atoms with Crippen LogP contribution in [0.2, 0.25) is 0 Å². The minimum Gasteiger partial charge on any atom is -0.493 e. The molecule has 4 nitrogen and oxygen atoms in total. The zero-order valence-corrected chi connectivity index (χ0v) is 10.1. The molecule has 0 bridgehead atoms. The van der Waals surface area contributed by atoms with Gasteiger partial charge in [0.25, 0.3) is 0 Å². The summed E-state index contributed by atoms with van der Waals surface area (Å²) in [7, 11) is 3.49. The Morgan fingerprint density at radius 3 is 2.94 bits per heavy atom. The molecule has 17 heavy (non-hydrogen) atoms. The summed E-state index contributed by atoms with van der Waals surface area (Å²) in [5, 5.41) is 1.11. The van der Waals surface area contributed by atoms with Crippen LogP contribution in [0, 0.1) is 0 Å². The fraction of sp³-hybridized carbons (Fsp3) is 0.308. The SMILES string of the molecule is CN(C)C(=O)CCOc1ccc2[nH]ccc2c1. The van der Waals surface area contributed by atoms with Gasteiger partial charge in [-0.2, -0.15) is 0 Å². The number of nitrogens with one attached hydrogen (secondary N) is 1. The Morgan fingerprint density at radius 2 is 2.18 bits per heavy atom. The predicted molar refractivity (Wildman–Crippen MR) is 67.1 cm³/mol. The van der Waals surface area contributed by atoms with Crippen LogP contribution >= 0.6 is 0 Å². The predicted octanol–water partition coefficient (Wildman–Crippen LogP) is 2.02. The number of nitrogens with zero attached hydrogens (tertiary/aromatic N) is 1. The minimum atomic E-state index is 0.0766. The van der Waals surface area contributed by atoms with E-state index in [2.05, 4.69) is 4.98 Å². The van der Waals surface area contributed by atoms with E-state index in [0.717, 1.165) is 16.7 Å². The number of ether oxygens (including phenoxy) is 1. The highest BCUT2D eigenvalue weighted by atomic mass is 16.5. The summed E-state index contributed by atoms with van der Waals surface area (Å²) in [6.45, 7) is 0.410. The number of rotatable bonds is 4. The summed E-state index contributed by atoms with van der Waals surface area (Å²) >= 11 is 0. The van der Waals surface area contributed by atoms with E-state index in [0.29, 0.717) is 13.0 Å². The van der Waals surface area contributed by atoms with Gasteiger partial charge in [-0.05, 0) is 24.3 Å². The molecule has 0 radical (unpaired) electrons. The molecule has 90 valence electrons. The number of amides is 1. The first kappa shape index (κ1) is 11.5. The third kappa shape index (κ3) is 2.78. The average Bonchev–Trinajstić information content (AvgIpc) is 2.75. The van der Waals surface area contributed by atoms with Crippen molar-refractivity contribution in [2.75, 3.05) is 20.7 Å². The number of hydrogen-bond donors (Lipinski definition) is 1. The van der Waals surface area contributed by atoms with Gasteiger partial charge in [-0.3, -0.25) is 4.79 Å². The van der Waals surface area contributed by atoms with Crippen LogP contribution in [0.4, 0.5) is 0 Å². The molecular formula is C13H16N2O2. The molecule has 2 aromatic rings. The van der Waals surface area contributed by atoms with Crippen molar-refractivity contribution < 1.29 is 9.53 Å². The lowest BCUT2D eigenvalue weighted by molar-refractivity contribution is -0.129. The molecule has 0 saturated heterocycles. The molecule has 0 fully saturated rings. The molecule has 0 aliphatic carbocycles. The molecule has 0 aliphatic rings. The van der Waals surface area contributed by atoms with Gasteiger partial charge >= 0.3 is 0 Å². The first-order valence-corrected chi connectivity index (χ1v) is 5.57. The molecule has 1 amide bonds. The number of carbonyl (C=O) groups is 1. The normalized spacial score (nSPS) is 10.5. The van der Waals surface area contributed by atoms with Gasteiger partial charge in [0.15, 0.2) is 0 Å². The number of aromatic nitrogens is 1. The van der Waals surface area contributed by atoms with Gasteiger partial charge < -0.3 is 14.6 Å². The summed E-state index contributed by atoms with van der Waals surface area (Å²) in [5.74, 6) is 0.872. The Bertz CT molecular complexity index is 517. The number of benzene rings is 1. The highest BCUT2D eigenvalue weighted by Crippen LogP contribution is 2.19. The van der Waals surface area contributed by atoms with Crippen molar-refractivity contribution in [2.45, 2.75) is 6.42 Å². The maximum Gasteiger partial charge on any atom is 0.225 e. The second kappa shape index (κ2) is 4.91. The van der Waals surface area contributed by atoms with Gasteiger partial charge in [0.2, 0.25) is 5.91 Å². The van der Waals surface area contributed by atoms with Crippen molar-refractivity contribution in [3.8, 4) is 5.75 Å². The van der Waals surface area contributed by atoms with Crippen molar-refractivity contribution in [2.24, 2.45) is 0 Å². The molecule has 4 heteroatoms. The summed E-state index contributed by atoms with van der Waals surface area (Å²) in [4.78, 5) is 16.0.